The van der Waals surface area contributed by atoms with E-state index in [2.05, 4.69) is 5.32 Å². The normalized spacial score (nSPS) is 17.4. The van der Waals surface area contributed by atoms with E-state index in [9.17, 15) is 18.4 Å². The van der Waals surface area contributed by atoms with Crippen LogP contribution >= 0.6 is 0 Å². The maximum Gasteiger partial charge on any atom is 0.229 e. The summed E-state index contributed by atoms with van der Waals surface area (Å²) in [6, 6.07) is 11.7. The third kappa shape index (κ3) is 3.06. The van der Waals surface area contributed by atoms with Crippen molar-refractivity contribution >= 4 is 23.2 Å². The van der Waals surface area contributed by atoms with Crippen molar-refractivity contribution in [1.82, 2.24) is 0 Å². The number of benzene rings is 2. The highest BCUT2D eigenvalue weighted by molar-refractivity contribution is 6.03. The van der Waals surface area contributed by atoms with E-state index in [1.807, 2.05) is 0 Å². The van der Waals surface area contributed by atoms with Gasteiger partial charge in [-0.1, -0.05) is 24.3 Å². The lowest BCUT2D eigenvalue weighted by Crippen LogP contribution is -2.28. The highest BCUT2D eigenvalue weighted by Gasteiger charge is 2.36. The molecule has 118 valence electrons. The van der Waals surface area contributed by atoms with Gasteiger partial charge in [-0.15, -0.1) is 0 Å². The van der Waals surface area contributed by atoms with Gasteiger partial charge >= 0.3 is 0 Å². The smallest absolute Gasteiger partial charge is 0.229 e. The van der Waals surface area contributed by atoms with Gasteiger partial charge in [-0.05, 0) is 24.3 Å². The van der Waals surface area contributed by atoms with Crippen LogP contribution in [0.4, 0.5) is 20.2 Å². The zero-order chi connectivity index (χ0) is 16.4. The number of nitrogens with one attached hydrogen (secondary N) is 1. The fourth-order valence-electron chi connectivity index (χ4n) is 2.58. The number of amides is 2. The summed E-state index contributed by atoms with van der Waals surface area (Å²) in [7, 11) is 0. The molecule has 1 aliphatic rings. The van der Waals surface area contributed by atoms with E-state index in [1.165, 1.54) is 41.3 Å². The van der Waals surface area contributed by atoms with E-state index in [0.717, 1.165) is 0 Å². The summed E-state index contributed by atoms with van der Waals surface area (Å²) >= 11 is 0. The summed E-state index contributed by atoms with van der Waals surface area (Å²) in [6.45, 7) is 0.0695. The van der Waals surface area contributed by atoms with Gasteiger partial charge in [-0.25, -0.2) is 8.78 Å². The maximum atomic E-state index is 13.8. The molecule has 6 heteroatoms. The first-order chi connectivity index (χ1) is 11.1. The molecule has 0 radical (unpaired) electrons. The topological polar surface area (TPSA) is 49.4 Å². The van der Waals surface area contributed by atoms with Crippen molar-refractivity contribution in [3.05, 3.63) is 60.2 Å². The molecule has 4 nitrogen and oxygen atoms in total. The van der Waals surface area contributed by atoms with Crippen LogP contribution in [0.5, 0.6) is 0 Å². The van der Waals surface area contributed by atoms with Crippen LogP contribution in [0.3, 0.4) is 0 Å². The summed E-state index contributed by atoms with van der Waals surface area (Å²) in [5.41, 5.74) is 0.216. The first-order valence-corrected chi connectivity index (χ1v) is 7.16. The van der Waals surface area contributed by atoms with Crippen molar-refractivity contribution in [3.8, 4) is 0 Å². The van der Waals surface area contributed by atoms with E-state index in [1.54, 1.807) is 12.1 Å². The molecule has 0 bridgehead atoms. The Kier molecular flexibility index (Phi) is 4.06. The third-order valence-electron chi connectivity index (χ3n) is 3.77. The Morgan fingerprint density at radius 3 is 2.39 bits per heavy atom. The summed E-state index contributed by atoms with van der Waals surface area (Å²) in [4.78, 5) is 25.5. The van der Waals surface area contributed by atoms with Crippen LogP contribution in [0.15, 0.2) is 48.5 Å². The standard InChI is InChI=1S/C17H14F2N2O2/c18-12-5-1-3-7-14(12)20-17(23)11-9-16(22)21(10-11)15-8-4-2-6-13(15)19/h1-8,11H,9-10H2,(H,20,23)/t11-/m0/s1. The van der Waals surface area contributed by atoms with Crippen molar-refractivity contribution in [2.24, 2.45) is 5.92 Å². The van der Waals surface area contributed by atoms with Gasteiger partial charge in [0.2, 0.25) is 11.8 Å². The molecule has 2 aromatic rings. The predicted octanol–water partition coefficient (Wildman–Crippen LogP) is 2.96. The SMILES string of the molecule is O=C(Nc1ccccc1F)[C@H]1CC(=O)N(c2ccccc2F)C1. The molecule has 1 N–H and O–H groups in total. The second kappa shape index (κ2) is 6.16. The number of hydrogen-bond donors (Lipinski definition) is 1. The predicted molar refractivity (Wildman–Crippen MR) is 81.9 cm³/mol. The van der Waals surface area contributed by atoms with Crippen LogP contribution in [-0.2, 0) is 9.59 Å². The van der Waals surface area contributed by atoms with Crippen LogP contribution in [0.25, 0.3) is 0 Å². The van der Waals surface area contributed by atoms with Crippen molar-refractivity contribution in [2.75, 3.05) is 16.8 Å². The fourth-order valence-corrected chi connectivity index (χ4v) is 2.58. The molecule has 3 rings (SSSR count). The van der Waals surface area contributed by atoms with Gasteiger partial charge in [-0.2, -0.15) is 0 Å². The van der Waals surface area contributed by atoms with Crippen LogP contribution in [0.2, 0.25) is 0 Å². The quantitative estimate of drug-likeness (QED) is 0.946. The minimum absolute atomic E-state index is 0.0331. The Labute approximate surface area is 131 Å². The van der Waals surface area contributed by atoms with Gasteiger partial charge in [0.15, 0.2) is 0 Å². The molecule has 2 aromatic carbocycles. The van der Waals surface area contributed by atoms with E-state index < -0.39 is 23.5 Å². The highest BCUT2D eigenvalue weighted by Crippen LogP contribution is 2.28. The van der Waals surface area contributed by atoms with Crippen LogP contribution in [-0.4, -0.2) is 18.4 Å². The summed E-state index contributed by atoms with van der Waals surface area (Å²) in [6.07, 6.45) is -0.0331. The van der Waals surface area contributed by atoms with Crippen molar-refractivity contribution in [1.29, 1.82) is 0 Å². The maximum absolute atomic E-state index is 13.8. The Morgan fingerprint density at radius 1 is 1.04 bits per heavy atom. The molecule has 1 saturated heterocycles. The van der Waals surface area contributed by atoms with Gasteiger partial charge < -0.3 is 10.2 Å². The highest BCUT2D eigenvalue weighted by atomic mass is 19.1. The first-order valence-electron chi connectivity index (χ1n) is 7.16. The van der Waals surface area contributed by atoms with Gasteiger partial charge in [0.1, 0.15) is 11.6 Å². The minimum atomic E-state index is -0.651. The number of carbonyl (C=O) groups is 2. The summed E-state index contributed by atoms with van der Waals surface area (Å²) in [5.74, 6) is -2.50. The molecule has 0 saturated carbocycles. The number of hydrogen-bond acceptors (Lipinski definition) is 2. The molecule has 2 amide bonds. The second-order valence-corrected chi connectivity index (χ2v) is 5.33. The lowest BCUT2D eigenvalue weighted by molar-refractivity contribution is -0.122. The fraction of sp³-hybridized carbons (Fsp3) is 0.176. The second-order valence-electron chi connectivity index (χ2n) is 5.33. The number of para-hydroxylation sites is 2. The van der Waals surface area contributed by atoms with Crippen LogP contribution < -0.4 is 10.2 Å². The molecule has 0 aliphatic carbocycles. The Balaban J connectivity index is 1.74. The zero-order valence-corrected chi connectivity index (χ0v) is 12.1. The molecule has 0 unspecified atom stereocenters. The molecule has 1 atom stereocenters. The Morgan fingerprint density at radius 2 is 1.70 bits per heavy atom. The number of carbonyl (C=O) groups excluding carboxylic acids is 2. The molecular formula is C17H14F2N2O2. The number of halogens is 2. The molecule has 1 fully saturated rings. The lowest BCUT2D eigenvalue weighted by Gasteiger charge is -2.17. The van der Waals surface area contributed by atoms with E-state index in [4.69, 9.17) is 0 Å². The average Bonchev–Trinajstić information content (AvgIpc) is 2.92. The molecule has 1 aliphatic heterocycles. The zero-order valence-electron chi connectivity index (χ0n) is 12.1. The molecule has 1 heterocycles. The van der Waals surface area contributed by atoms with Crippen LogP contribution in [0.1, 0.15) is 6.42 Å². The van der Waals surface area contributed by atoms with Crippen LogP contribution in [0, 0.1) is 17.6 Å². The van der Waals surface area contributed by atoms with E-state index in [-0.39, 0.29) is 30.2 Å². The molecule has 23 heavy (non-hydrogen) atoms. The monoisotopic (exact) mass is 316 g/mol. The van der Waals surface area contributed by atoms with Gasteiger partial charge in [0.25, 0.3) is 0 Å². The van der Waals surface area contributed by atoms with E-state index >= 15 is 0 Å². The minimum Gasteiger partial charge on any atom is -0.323 e. The van der Waals surface area contributed by atoms with Crippen molar-refractivity contribution < 1.29 is 18.4 Å². The summed E-state index contributed by atoms with van der Waals surface area (Å²) < 4.78 is 27.4. The third-order valence-corrected chi connectivity index (χ3v) is 3.77. The largest absolute Gasteiger partial charge is 0.323 e. The number of rotatable bonds is 3. The van der Waals surface area contributed by atoms with Crippen molar-refractivity contribution in [3.63, 3.8) is 0 Å². The molecule has 0 aromatic heterocycles. The molecular weight excluding hydrogens is 302 g/mol. The van der Waals surface area contributed by atoms with Gasteiger partial charge in [0, 0.05) is 13.0 Å². The average molecular weight is 316 g/mol. The first kappa shape index (κ1) is 15.1. The Hall–Kier alpha value is -2.76. The summed E-state index contributed by atoms with van der Waals surface area (Å²) in [5, 5.41) is 2.47. The van der Waals surface area contributed by atoms with E-state index in [0.29, 0.717) is 0 Å². The number of nitrogens with zero attached hydrogens (tertiary/aromatic N) is 1. The van der Waals surface area contributed by atoms with Crippen molar-refractivity contribution in [2.45, 2.75) is 6.42 Å². The Bertz CT molecular complexity index is 764. The number of anilines is 2. The van der Waals surface area contributed by atoms with Gasteiger partial charge in [-0.3, -0.25) is 9.59 Å². The molecule has 0 spiro atoms. The lowest BCUT2D eigenvalue weighted by atomic mass is 10.1. The van der Waals surface area contributed by atoms with Gasteiger partial charge in [0.05, 0.1) is 17.3 Å².